The summed E-state index contributed by atoms with van der Waals surface area (Å²) in [5.74, 6) is 4.01. The van der Waals surface area contributed by atoms with Gasteiger partial charge >= 0.3 is 6.09 Å². The molecule has 1 saturated heterocycles. The van der Waals surface area contributed by atoms with Gasteiger partial charge in [0, 0.05) is 36.7 Å². The summed E-state index contributed by atoms with van der Waals surface area (Å²) in [5.41, 5.74) is 2.88. The number of nitrogens with zero attached hydrogens (tertiary/aromatic N) is 5. The second-order valence-corrected chi connectivity index (χ2v) is 17.9. The summed E-state index contributed by atoms with van der Waals surface area (Å²) < 4.78 is 51.4. The smallest absolute Gasteiger partial charge is 0.415 e. The Hall–Kier alpha value is -5.67. The average Bonchev–Trinajstić information content (AvgIpc) is 3.88. The summed E-state index contributed by atoms with van der Waals surface area (Å²) in [4.78, 5) is 31.4. The first-order valence-corrected chi connectivity index (χ1v) is 21.0. The third kappa shape index (κ3) is 8.18. The second kappa shape index (κ2) is 16.3. The lowest BCUT2D eigenvalue weighted by Gasteiger charge is -2.37. The number of anilines is 4. The lowest BCUT2D eigenvalue weighted by molar-refractivity contribution is 0.181. The molecule has 0 unspecified atom stereocenters. The van der Waals surface area contributed by atoms with Crippen molar-refractivity contribution in [1.82, 2.24) is 19.7 Å². The van der Waals surface area contributed by atoms with Crippen LogP contribution >= 0.6 is 0 Å². The van der Waals surface area contributed by atoms with E-state index in [1.54, 1.807) is 41.2 Å². The molecule has 0 atom stereocenters. The molecule has 58 heavy (non-hydrogen) atoms. The van der Waals surface area contributed by atoms with E-state index >= 15 is 0 Å². The van der Waals surface area contributed by atoms with E-state index in [4.69, 9.17) is 33.9 Å². The maximum atomic E-state index is 13.6. The SMILES string of the molecule is CCC(CC)(NS(=O)(=O)C(C)(C)C)c1cc(Nc2cc3cc(N4CCOC4=O)nc(N(Cc4ccc(OC)cc4)Cc4ccc(OC)cc4)c3cn2)nc2c1CCO2. The highest BCUT2D eigenvalue weighted by molar-refractivity contribution is 7.90. The minimum atomic E-state index is -3.72. The van der Waals surface area contributed by atoms with E-state index in [0.29, 0.717) is 74.7 Å². The first-order chi connectivity index (χ1) is 27.8. The summed E-state index contributed by atoms with van der Waals surface area (Å²) in [6.45, 7) is 11.1. The fraction of sp³-hybridized carbons (Fsp3) is 0.395. The Balaban J connectivity index is 1.32. The van der Waals surface area contributed by atoms with Crippen molar-refractivity contribution < 1.29 is 32.2 Å². The molecule has 1 fully saturated rings. The molecule has 2 aromatic carbocycles. The Labute approximate surface area is 339 Å². The molecule has 3 aromatic heterocycles. The molecule has 0 spiro atoms. The Morgan fingerprint density at radius 1 is 0.845 bits per heavy atom. The fourth-order valence-electron chi connectivity index (χ4n) is 7.30. The molecule has 0 saturated carbocycles. The molecule has 5 aromatic rings. The van der Waals surface area contributed by atoms with Crippen LogP contribution in [0.15, 0.2) is 72.9 Å². The standard InChI is InChI=1S/C43H51N7O7S/c1-8-43(9-2,48-58(52,53)42(3,4)5)35-24-37(46-40-33(35)18-20-56-40)45-36-22-30-23-38(50-19-21-57-41(50)51)47-39(34(30)25-44-36)49(26-28-10-14-31(54-6)15-11-28)27-29-12-16-32(55-7)17-13-29/h10-17,22-25,48H,8-9,18-21,26-27H2,1-7H3,(H,44,45,46). The van der Waals surface area contributed by atoms with Crippen LogP contribution in [0.4, 0.5) is 28.1 Å². The van der Waals surface area contributed by atoms with Crippen LogP contribution in [0.25, 0.3) is 10.8 Å². The van der Waals surface area contributed by atoms with E-state index < -0.39 is 26.4 Å². The lowest BCUT2D eigenvalue weighted by Crippen LogP contribution is -2.51. The molecule has 0 aliphatic carbocycles. The van der Waals surface area contributed by atoms with Crippen molar-refractivity contribution in [3.05, 3.63) is 95.2 Å². The van der Waals surface area contributed by atoms with E-state index in [9.17, 15) is 13.2 Å². The van der Waals surface area contributed by atoms with Gasteiger partial charge in [-0.25, -0.2) is 27.9 Å². The van der Waals surface area contributed by atoms with Gasteiger partial charge in [0.2, 0.25) is 15.9 Å². The van der Waals surface area contributed by atoms with Gasteiger partial charge in [-0.05, 0) is 98.2 Å². The number of hydrogen-bond donors (Lipinski definition) is 2. The number of amides is 1. The molecular weight excluding hydrogens is 759 g/mol. The van der Waals surface area contributed by atoms with Crippen LogP contribution in [0, 0.1) is 0 Å². The molecule has 15 heteroatoms. The van der Waals surface area contributed by atoms with Crippen molar-refractivity contribution in [1.29, 1.82) is 0 Å². The fourth-order valence-corrected chi connectivity index (χ4v) is 8.52. The topological polar surface area (TPSA) is 157 Å². The minimum absolute atomic E-state index is 0.260. The Kier molecular flexibility index (Phi) is 11.4. The summed E-state index contributed by atoms with van der Waals surface area (Å²) in [6, 6.07) is 21.5. The number of benzene rings is 2. The van der Waals surface area contributed by atoms with Crippen molar-refractivity contribution >= 4 is 50.2 Å². The zero-order valence-corrected chi connectivity index (χ0v) is 34.9. The number of rotatable bonds is 15. The second-order valence-electron chi connectivity index (χ2n) is 15.5. The van der Waals surface area contributed by atoms with Gasteiger partial charge in [-0.15, -0.1) is 0 Å². The molecule has 0 bridgehead atoms. The van der Waals surface area contributed by atoms with Crippen LogP contribution in [-0.2, 0) is 39.8 Å². The van der Waals surface area contributed by atoms with Gasteiger partial charge in [0.1, 0.15) is 41.4 Å². The third-order valence-corrected chi connectivity index (χ3v) is 13.1. The maximum Gasteiger partial charge on any atom is 0.415 e. The summed E-state index contributed by atoms with van der Waals surface area (Å²) in [5, 5.41) is 4.93. The first kappa shape index (κ1) is 40.5. The highest BCUT2D eigenvalue weighted by Crippen LogP contribution is 2.41. The Bertz CT molecular complexity index is 2350. The number of pyridine rings is 3. The van der Waals surface area contributed by atoms with Crippen LogP contribution in [0.5, 0.6) is 17.4 Å². The molecule has 1 amide bonds. The molecule has 2 N–H and O–H groups in total. The van der Waals surface area contributed by atoms with Gasteiger partial charge in [-0.2, -0.15) is 4.98 Å². The van der Waals surface area contributed by atoms with Crippen LogP contribution in [0.3, 0.4) is 0 Å². The van der Waals surface area contributed by atoms with Gasteiger partial charge in [-0.3, -0.25) is 4.90 Å². The van der Waals surface area contributed by atoms with Crippen LogP contribution in [0.1, 0.15) is 69.7 Å². The molecule has 2 aliphatic rings. The minimum Gasteiger partial charge on any atom is -0.497 e. The van der Waals surface area contributed by atoms with Gasteiger partial charge in [0.15, 0.2) is 0 Å². The number of hydrogen-bond acceptors (Lipinski definition) is 12. The quantitative estimate of drug-likeness (QED) is 0.107. The number of methoxy groups -OCH3 is 2. The van der Waals surface area contributed by atoms with E-state index in [-0.39, 0.29) is 6.61 Å². The number of ether oxygens (including phenoxy) is 4. The largest absolute Gasteiger partial charge is 0.497 e. The number of sulfonamides is 1. The molecule has 2 aliphatic heterocycles. The lowest BCUT2D eigenvalue weighted by atomic mass is 9.83. The zero-order valence-electron chi connectivity index (χ0n) is 34.1. The molecular formula is C43H51N7O7S. The summed E-state index contributed by atoms with van der Waals surface area (Å²) >= 11 is 0. The van der Waals surface area contributed by atoms with E-state index in [2.05, 4.69) is 14.9 Å². The summed E-state index contributed by atoms with van der Waals surface area (Å²) in [6.07, 6.45) is 2.96. The van der Waals surface area contributed by atoms with Gasteiger partial charge in [0.05, 0.1) is 37.7 Å². The average molecular weight is 810 g/mol. The van der Waals surface area contributed by atoms with Gasteiger partial charge < -0.3 is 29.2 Å². The van der Waals surface area contributed by atoms with Crippen molar-refractivity contribution in [2.75, 3.05) is 49.1 Å². The van der Waals surface area contributed by atoms with Crippen LogP contribution in [-0.4, -0.2) is 68.2 Å². The number of carbonyl (C=O) groups excluding carboxylic acids is 1. The summed E-state index contributed by atoms with van der Waals surface area (Å²) in [7, 11) is -0.437. The Morgan fingerprint density at radius 3 is 2.03 bits per heavy atom. The maximum absolute atomic E-state index is 13.6. The zero-order chi connectivity index (χ0) is 41.2. The molecule has 0 radical (unpaired) electrons. The molecule has 5 heterocycles. The molecule has 7 rings (SSSR count). The van der Waals surface area contributed by atoms with E-state index in [0.717, 1.165) is 44.5 Å². The van der Waals surface area contributed by atoms with Crippen LogP contribution < -0.4 is 34.0 Å². The number of nitrogens with one attached hydrogen (secondary N) is 2. The van der Waals surface area contributed by atoms with Crippen molar-refractivity contribution in [2.45, 2.75) is 77.3 Å². The van der Waals surface area contributed by atoms with E-state index in [1.807, 2.05) is 80.6 Å². The van der Waals surface area contributed by atoms with E-state index in [1.165, 1.54) is 4.90 Å². The van der Waals surface area contributed by atoms with Crippen LogP contribution in [0.2, 0.25) is 0 Å². The van der Waals surface area contributed by atoms with Crippen molar-refractivity contribution in [3.8, 4) is 17.4 Å². The number of carbonyl (C=O) groups is 1. The monoisotopic (exact) mass is 809 g/mol. The third-order valence-electron chi connectivity index (χ3n) is 10.9. The first-order valence-electron chi connectivity index (χ1n) is 19.5. The number of cyclic esters (lactones) is 1. The van der Waals surface area contributed by atoms with Crippen molar-refractivity contribution in [2.24, 2.45) is 0 Å². The van der Waals surface area contributed by atoms with Gasteiger partial charge in [0.25, 0.3) is 0 Å². The molecule has 14 nitrogen and oxygen atoms in total. The van der Waals surface area contributed by atoms with Crippen molar-refractivity contribution in [3.63, 3.8) is 0 Å². The predicted molar refractivity (Wildman–Crippen MR) is 225 cm³/mol. The predicted octanol–water partition coefficient (Wildman–Crippen LogP) is 7.62. The molecule has 306 valence electrons. The highest BCUT2D eigenvalue weighted by atomic mass is 32.2. The Morgan fingerprint density at radius 2 is 1.48 bits per heavy atom. The van der Waals surface area contributed by atoms with Gasteiger partial charge in [-0.1, -0.05) is 38.1 Å². The normalized spacial score (nSPS) is 14.3. The number of fused-ring (bicyclic) bond motifs is 2. The highest BCUT2D eigenvalue weighted by Gasteiger charge is 2.41. The number of aromatic nitrogens is 3.